The van der Waals surface area contributed by atoms with Crippen molar-refractivity contribution in [2.45, 2.75) is 0 Å². The molecule has 4 N–H and O–H groups in total. The quantitative estimate of drug-likeness (QED) is 0.348. The Bertz CT molecular complexity index is 1430. The fraction of sp³-hybridized carbons (Fsp3) is 0.125. The van der Waals surface area contributed by atoms with Crippen molar-refractivity contribution in [3.05, 3.63) is 79.0 Å². The van der Waals surface area contributed by atoms with Gasteiger partial charge in [-0.15, -0.1) is 12.4 Å². The lowest BCUT2D eigenvalue weighted by molar-refractivity contribution is 0.0955. The molecule has 35 heavy (non-hydrogen) atoms. The molecule has 1 aromatic carbocycles. The summed E-state index contributed by atoms with van der Waals surface area (Å²) in [7, 11) is 3.46. The summed E-state index contributed by atoms with van der Waals surface area (Å²) in [5, 5.41) is 6.19. The predicted molar refractivity (Wildman–Crippen MR) is 137 cm³/mol. The SMILES string of the molecule is C=CCOC(=O)Nc1ccc2c(ccn2C(=O)c2cc(NC(=O)c3cc(N)cn3C)cn2C)c1.Cl. The molecule has 10 nitrogen and oxygen atoms in total. The van der Waals surface area contributed by atoms with Crippen LogP contribution in [-0.2, 0) is 18.8 Å². The van der Waals surface area contributed by atoms with Crippen LogP contribution in [0.15, 0.2) is 67.6 Å². The molecule has 0 aliphatic heterocycles. The Kier molecular flexibility index (Phi) is 7.36. The van der Waals surface area contributed by atoms with Gasteiger partial charge in [0, 0.05) is 43.8 Å². The molecule has 3 heterocycles. The van der Waals surface area contributed by atoms with Crippen molar-refractivity contribution in [2.24, 2.45) is 14.1 Å². The van der Waals surface area contributed by atoms with Gasteiger partial charge in [0.05, 0.1) is 16.9 Å². The summed E-state index contributed by atoms with van der Waals surface area (Å²) in [5.41, 5.74) is 8.72. The lowest BCUT2D eigenvalue weighted by Crippen LogP contribution is -2.15. The van der Waals surface area contributed by atoms with Crippen molar-refractivity contribution < 1.29 is 19.1 Å². The number of anilines is 3. The van der Waals surface area contributed by atoms with Crippen LogP contribution in [0.3, 0.4) is 0 Å². The lowest BCUT2D eigenvalue weighted by atomic mass is 10.2. The summed E-state index contributed by atoms with van der Waals surface area (Å²) in [6, 6.07) is 10.1. The Hall–Kier alpha value is -4.44. The normalized spacial score (nSPS) is 10.5. The van der Waals surface area contributed by atoms with Gasteiger partial charge in [-0.3, -0.25) is 19.5 Å². The zero-order valence-electron chi connectivity index (χ0n) is 19.1. The molecule has 11 heteroatoms. The molecular weight excluding hydrogens is 472 g/mol. The smallest absolute Gasteiger partial charge is 0.411 e. The largest absolute Gasteiger partial charge is 0.445 e. The van der Waals surface area contributed by atoms with Crippen LogP contribution in [0, 0.1) is 0 Å². The number of hydrogen-bond acceptors (Lipinski definition) is 5. The number of carbonyl (C=O) groups excluding carboxylic acids is 3. The highest BCUT2D eigenvalue weighted by atomic mass is 35.5. The maximum Gasteiger partial charge on any atom is 0.411 e. The van der Waals surface area contributed by atoms with Crippen LogP contribution in [0.5, 0.6) is 0 Å². The summed E-state index contributed by atoms with van der Waals surface area (Å²) < 4.78 is 9.71. The van der Waals surface area contributed by atoms with Crippen LogP contribution in [0.2, 0.25) is 0 Å². The Morgan fingerprint density at radius 2 is 1.74 bits per heavy atom. The third kappa shape index (κ3) is 5.22. The number of aryl methyl sites for hydroxylation is 2. The molecule has 4 aromatic rings. The fourth-order valence-electron chi connectivity index (χ4n) is 3.67. The fourth-order valence-corrected chi connectivity index (χ4v) is 3.67. The molecule has 0 saturated carbocycles. The van der Waals surface area contributed by atoms with E-state index in [9.17, 15) is 14.4 Å². The first-order valence-electron chi connectivity index (χ1n) is 10.4. The Balaban J connectivity index is 0.00000342. The molecule has 4 rings (SSSR count). The number of carbonyl (C=O) groups is 3. The minimum absolute atomic E-state index is 0. The molecule has 0 saturated heterocycles. The van der Waals surface area contributed by atoms with E-state index in [1.165, 1.54) is 10.6 Å². The molecule has 0 radical (unpaired) electrons. The summed E-state index contributed by atoms with van der Waals surface area (Å²) >= 11 is 0. The number of halogens is 1. The number of aromatic nitrogens is 3. The van der Waals surface area contributed by atoms with Crippen LogP contribution in [0.1, 0.15) is 21.0 Å². The zero-order valence-corrected chi connectivity index (χ0v) is 20.0. The molecule has 0 fully saturated rings. The minimum Gasteiger partial charge on any atom is -0.445 e. The van der Waals surface area contributed by atoms with E-state index in [1.54, 1.807) is 78.2 Å². The minimum atomic E-state index is -0.592. The third-order valence-corrected chi connectivity index (χ3v) is 5.23. The first-order valence-corrected chi connectivity index (χ1v) is 10.4. The van der Waals surface area contributed by atoms with E-state index in [-0.39, 0.29) is 30.8 Å². The number of benzene rings is 1. The van der Waals surface area contributed by atoms with Crippen molar-refractivity contribution in [1.29, 1.82) is 0 Å². The van der Waals surface area contributed by atoms with E-state index in [0.29, 0.717) is 34.0 Å². The maximum absolute atomic E-state index is 13.3. The van der Waals surface area contributed by atoms with E-state index < -0.39 is 6.09 Å². The standard InChI is InChI=1S/C24H24N6O4.ClH/c1-4-9-34-24(33)27-17-5-6-19-15(10-17)7-8-30(19)23(32)21-12-18(14-29(21)3)26-22(31)20-11-16(25)13-28(20)2;/h4-8,10-14H,1,9,25H2,2-3H3,(H,26,31)(H,27,33);1H. The van der Waals surface area contributed by atoms with Gasteiger partial charge < -0.3 is 24.9 Å². The molecule has 0 aliphatic rings. The van der Waals surface area contributed by atoms with E-state index in [4.69, 9.17) is 10.5 Å². The van der Waals surface area contributed by atoms with E-state index in [2.05, 4.69) is 17.2 Å². The van der Waals surface area contributed by atoms with E-state index in [0.717, 1.165) is 5.39 Å². The van der Waals surface area contributed by atoms with Crippen molar-refractivity contribution in [1.82, 2.24) is 13.7 Å². The van der Waals surface area contributed by atoms with Gasteiger partial charge in [0.15, 0.2) is 0 Å². The van der Waals surface area contributed by atoms with Gasteiger partial charge in [0.1, 0.15) is 18.0 Å². The second-order valence-corrected chi connectivity index (χ2v) is 7.73. The number of rotatable bonds is 6. The van der Waals surface area contributed by atoms with Crippen LogP contribution in [0.4, 0.5) is 21.9 Å². The number of hydrogen-bond donors (Lipinski definition) is 3. The summed E-state index contributed by atoms with van der Waals surface area (Å²) in [6.45, 7) is 3.61. The van der Waals surface area contributed by atoms with Crippen LogP contribution < -0.4 is 16.4 Å². The highest BCUT2D eigenvalue weighted by Crippen LogP contribution is 2.23. The average Bonchev–Trinajstić information content (AvgIpc) is 3.47. The van der Waals surface area contributed by atoms with Gasteiger partial charge in [0.25, 0.3) is 11.8 Å². The Morgan fingerprint density at radius 1 is 1.00 bits per heavy atom. The summed E-state index contributed by atoms with van der Waals surface area (Å²) in [4.78, 5) is 37.6. The van der Waals surface area contributed by atoms with Crippen LogP contribution in [0.25, 0.3) is 10.9 Å². The second-order valence-electron chi connectivity index (χ2n) is 7.73. The molecule has 2 amide bonds. The highest BCUT2D eigenvalue weighted by molar-refractivity contribution is 6.06. The number of nitrogen functional groups attached to an aromatic ring is 1. The number of fused-ring (bicyclic) bond motifs is 1. The van der Waals surface area contributed by atoms with Crippen LogP contribution in [-0.4, -0.2) is 38.2 Å². The molecule has 182 valence electrons. The third-order valence-electron chi connectivity index (χ3n) is 5.23. The van der Waals surface area contributed by atoms with Gasteiger partial charge in [0.2, 0.25) is 0 Å². The summed E-state index contributed by atoms with van der Waals surface area (Å²) in [5.74, 6) is -0.603. The number of ether oxygens (including phenoxy) is 1. The number of nitrogens with zero attached hydrogens (tertiary/aromatic N) is 3. The molecular formula is C24H25ClN6O4. The van der Waals surface area contributed by atoms with Crippen molar-refractivity contribution in [3.63, 3.8) is 0 Å². The Morgan fingerprint density at radius 3 is 2.43 bits per heavy atom. The van der Waals surface area contributed by atoms with Crippen LogP contribution >= 0.6 is 12.4 Å². The molecule has 0 bridgehead atoms. The van der Waals surface area contributed by atoms with Gasteiger partial charge >= 0.3 is 6.09 Å². The number of nitrogens with one attached hydrogen (secondary N) is 2. The maximum atomic E-state index is 13.3. The molecule has 0 spiro atoms. The monoisotopic (exact) mass is 496 g/mol. The zero-order chi connectivity index (χ0) is 24.4. The van der Waals surface area contributed by atoms with Gasteiger partial charge in [-0.1, -0.05) is 12.7 Å². The second kappa shape index (κ2) is 10.2. The summed E-state index contributed by atoms with van der Waals surface area (Å²) in [6.07, 6.45) is 5.86. The average molecular weight is 497 g/mol. The molecule has 0 aliphatic carbocycles. The molecule has 3 aromatic heterocycles. The first-order chi connectivity index (χ1) is 16.3. The highest BCUT2D eigenvalue weighted by Gasteiger charge is 2.18. The van der Waals surface area contributed by atoms with E-state index >= 15 is 0 Å². The number of amides is 2. The first kappa shape index (κ1) is 25.2. The Labute approximate surface area is 207 Å². The van der Waals surface area contributed by atoms with Crippen molar-refractivity contribution in [3.8, 4) is 0 Å². The van der Waals surface area contributed by atoms with Gasteiger partial charge in [-0.2, -0.15) is 0 Å². The van der Waals surface area contributed by atoms with Gasteiger partial charge in [-0.05, 0) is 36.4 Å². The topological polar surface area (TPSA) is 125 Å². The van der Waals surface area contributed by atoms with E-state index in [1.807, 2.05) is 0 Å². The lowest BCUT2D eigenvalue weighted by Gasteiger charge is -2.07. The molecule has 0 atom stereocenters. The van der Waals surface area contributed by atoms with Gasteiger partial charge in [-0.25, -0.2) is 4.79 Å². The van der Waals surface area contributed by atoms with Crippen molar-refractivity contribution >= 4 is 58.3 Å². The molecule has 0 unspecified atom stereocenters. The predicted octanol–water partition coefficient (Wildman–Crippen LogP) is 4.00. The number of nitrogens with two attached hydrogens (primary N) is 1. The van der Waals surface area contributed by atoms with Crippen molar-refractivity contribution in [2.75, 3.05) is 23.0 Å².